The van der Waals surface area contributed by atoms with E-state index in [2.05, 4.69) is 15.9 Å². The van der Waals surface area contributed by atoms with Gasteiger partial charge in [-0.25, -0.2) is 0 Å². The van der Waals surface area contributed by atoms with Gasteiger partial charge < -0.3 is 14.9 Å². The van der Waals surface area contributed by atoms with Crippen molar-refractivity contribution in [3.63, 3.8) is 0 Å². The number of methoxy groups -OCH3 is 1. The Labute approximate surface area is 95.6 Å². The quantitative estimate of drug-likeness (QED) is 0.881. The van der Waals surface area contributed by atoms with E-state index in [4.69, 9.17) is 9.84 Å². The molecular weight excluding hydrogens is 264 g/mol. The number of rotatable bonds is 4. The van der Waals surface area contributed by atoms with Crippen molar-refractivity contribution < 1.29 is 19.7 Å². The Morgan fingerprint density at radius 2 is 2.27 bits per heavy atom. The number of carbonyl (C=O) groups is 1. The molecular formula is C10H11BrO4. The summed E-state index contributed by atoms with van der Waals surface area (Å²) in [7, 11) is 1.51. The Bertz CT molecular complexity index is 364. The normalized spacial score (nSPS) is 12.2. The first-order chi connectivity index (χ1) is 7.04. The minimum Gasteiger partial charge on any atom is -0.497 e. The van der Waals surface area contributed by atoms with Gasteiger partial charge in [0.25, 0.3) is 0 Å². The van der Waals surface area contributed by atoms with E-state index >= 15 is 0 Å². The molecule has 1 aromatic carbocycles. The SMILES string of the molecule is COc1ccc(Br)c([C@@H](O)CC(=O)O)c1. The molecule has 1 rings (SSSR count). The Morgan fingerprint density at radius 3 is 2.80 bits per heavy atom. The number of halogens is 1. The Kier molecular flexibility index (Phi) is 4.11. The first kappa shape index (κ1) is 12.0. The molecule has 0 unspecified atom stereocenters. The molecule has 0 saturated heterocycles. The zero-order valence-corrected chi connectivity index (χ0v) is 9.69. The zero-order valence-electron chi connectivity index (χ0n) is 8.11. The third kappa shape index (κ3) is 3.21. The van der Waals surface area contributed by atoms with Crippen LogP contribution in [0.3, 0.4) is 0 Å². The Hall–Kier alpha value is -1.07. The van der Waals surface area contributed by atoms with Gasteiger partial charge in [-0.1, -0.05) is 15.9 Å². The lowest BCUT2D eigenvalue weighted by atomic mass is 10.1. The van der Waals surface area contributed by atoms with Crippen LogP contribution in [0.15, 0.2) is 22.7 Å². The summed E-state index contributed by atoms with van der Waals surface area (Å²) in [5.41, 5.74) is 0.511. The summed E-state index contributed by atoms with van der Waals surface area (Å²) in [6.07, 6.45) is -1.36. The molecule has 0 aliphatic rings. The highest BCUT2D eigenvalue weighted by molar-refractivity contribution is 9.10. The van der Waals surface area contributed by atoms with E-state index < -0.39 is 12.1 Å². The van der Waals surface area contributed by atoms with Crippen LogP contribution in [0, 0.1) is 0 Å². The van der Waals surface area contributed by atoms with Gasteiger partial charge in [0.1, 0.15) is 5.75 Å². The molecule has 0 saturated carbocycles. The molecule has 0 spiro atoms. The predicted molar refractivity (Wildman–Crippen MR) is 57.9 cm³/mol. The molecule has 5 heteroatoms. The number of aliphatic hydroxyl groups excluding tert-OH is 1. The van der Waals surface area contributed by atoms with Crippen LogP contribution in [-0.4, -0.2) is 23.3 Å². The molecule has 0 heterocycles. The van der Waals surface area contributed by atoms with E-state index in [9.17, 15) is 9.90 Å². The van der Waals surface area contributed by atoms with Crippen LogP contribution in [0.2, 0.25) is 0 Å². The van der Waals surface area contributed by atoms with Crippen LogP contribution >= 0.6 is 15.9 Å². The highest BCUT2D eigenvalue weighted by atomic mass is 79.9. The van der Waals surface area contributed by atoms with Crippen LogP contribution in [0.1, 0.15) is 18.1 Å². The van der Waals surface area contributed by atoms with E-state index in [-0.39, 0.29) is 6.42 Å². The summed E-state index contributed by atoms with van der Waals surface area (Å²) in [6, 6.07) is 5.04. The van der Waals surface area contributed by atoms with Crippen molar-refractivity contribution in [2.45, 2.75) is 12.5 Å². The molecule has 15 heavy (non-hydrogen) atoms. The van der Waals surface area contributed by atoms with Crippen molar-refractivity contribution in [3.05, 3.63) is 28.2 Å². The summed E-state index contributed by atoms with van der Waals surface area (Å²) in [5.74, 6) is -0.463. The van der Waals surface area contributed by atoms with Gasteiger partial charge in [0.2, 0.25) is 0 Å². The highest BCUT2D eigenvalue weighted by Gasteiger charge is 2.15. The summed E-state index contributed by atoms with van der Waals surface area (Å²) >= 11 is 3.24. The van der Waals surface area contributed by atoms with Crippen molar-refractivity contribution in [1.82, 2.24) is 0 Å². The van der Waals surface area contributed by atoms with Crippen molar-refractivity contribution in [3.8, 4) is 5.75 Å². The molecule has 0 aromatic heterocycles. The standard InChI is InChI=1S/C10H11BrO4/c1-15-6-2-3-8(11)7(4-6)9(12)5-10(13)14/h2-4,9,12H,5H2,1H3,(H,13,14)/t9-/m0/s1. The van der Waals surface area contributed by atoms with Gasteiger partial charge in [-0.15, -0.1) is 0 Å². The average molecular weight is 275 g/mol. The third-order valence-electron chi connectivity index (χ3n) is 1.93. The number of carboxylic acid groups (broad SMARTS) is 1. The highest BCUT2D eigenvalue weighted by Crippen LogP contribution is 2.29. The van der Waals surface area contributed by atoms with E-state index in [0.717, 1.165) is 0 Å². The molecule has 0 fully saturated rings. The maximum Gasteiger partial charge on any atom is 0.306 e. The molecule has 1 atom stereocenters. The van der Waals surface area contributed by atoms with E-state index in [1.165, 1.54) is 7.11 Å². The number of aliphatic carboxylic acids is 1. The van der Waals surface area contributed by atoms with Crippen LogP contribution in [0.25, 0.3) is 0 Å². The topological polar surface area (TPSA) is 66.8 Å². The van der Waals surface area contributed by atoms with Crippen LogP contribution in [-0.2, 0) is 4.79 Å². The molecule has 0 bridgehead atoms. The fourth-order valence-electron chi connectivity index (χ4n) is 1.18. The monoisotopic (exact) mass is 274 g/mol. The van der Waals surface area contributed by atoms with Crippen LogP contribution in [0.4, 0.5) is 0 Å². The van der Waals surface area contributed by atoms with Gasteiger partial charge in [-0.3, -0.25) is 4.79 Å². The average Bonchev–Trinajstić information content (AvgIpc) is 2.17. The molecule has 0 aliphatic carbocycles. The smallest absolute Gasteiger partial charge is 0.306 e. The lowest BCUT2D eigenvalue weighted by Gasteiger charge is -2.11. The number of aliphatic hydroxyl groups is 1. The maximum absolute atomic E-state index is 10.4. The third-order valence-corrected chi connectivity index (χ3v) is 2.65. The fraction of sp³-hybridized carbons (Fsp3) is 0.300. The predicted octanol–water partition coefficient (Wildman–Crippen LogP) is 1.97. The first-order valence-electron chi connectivity index (χ1n) is 4.28. The molecule has 1 aromatic rings. The summed E-state index contributed by atoms with van der Waals surface area (Å²) in [4.78, 5) is 10.4. The second-order valence-corrected chi connectivity index (χ2v) is 3.86. The number of carboxylic acids is 1. The lowest BCUT2D eigenvalue weighted by Crippen LogP contribution is -2.06. The van der Waals surface area contributed by atoms with Gasteiger partial charge >= 0.3 is 5.97 Å². The van der Waals surface area contributed by atoms with E-state index in [1.807, 2.05) is 0 Å². The van der Waals surface area contributed by atoms with Crippen molar-refractivity contribution >= 4 is 21.9 Å². The minimum atomic E-state index is -1.04. The summed E-state index contributed by atoms with van der Waals surface area (Å²) < 4.78 is 5.65. The Balaban J connectivity index is 2.95. The number of hydrogen-bond donors (Lipinski definition) is 2. The molecule has 0 aliphatic heterocycles. The summed E-state index contributed by atoms with van der Waals surface area (Å²) in [5, 5.41) is 18.2. The molecule has 0 amide bonds. The lowest BCUT2D eigenvalue weighted by molar-refractivity contribution is -0.139. The van der Waals surface area contributed by atoms with Crippen LogP contribution in [0.5, 0.6) is 5.75 Å². The second kappa shape index (κ2) is 5.14. The van der Waals surface area contributed by atoms with Gasteiger partial charge in [0.05, 0.1) is 19.6 Å². The largest absolute Gasteiger partial charge is 0.497 e. The van der Waals surface area contributed by atoms with E-state index in [1.54, 1.807) is 18.2 Å². The molecule has 82 valence electrons. The van der Waals surface area contributed by atoms with Crippen molar-refractivity contribution in [2.75, 3.05) is 7.11 Å². The second-order valence-electron chi connectivity index (χ2n) is 3.00. The number of ether oxygens (including phenoxy) is 1. The first-order valence-corrected chi connectivity index (χ1v) is 5.07. The Morgan fingerprint density at radius 1 is 1.60 bits per heavy atom. The van der Waals surface area contributed by atoms with Crippen molar-refractivity contribution in [2.24, 2.45) is 0 Å². The minimum absolute atomic E-state index is 0.328. The maximum atomic E-state index is 10.4. The van der Waals surface area contributed by atoms with Crippen LogP contribution < -0.4 is 4.74 Å². The van der Waals surface area contributed by atoms with Gasteiger partial charge in [0.15, 0.2) is 0 Å². The fourth-order valence-corrected chi connectivity index (χ4v) is 1.69. The molecule has 2 N–H and O–H groups in total. The molecule has 4 nitrogen and oxygen atoms in total. The number of hydrogen-bond acceptors (Lipinski definition) is 3. The van der Waals surface area contributed by atoms with E-state index in [0.29, 0.717) is 15.8 Å². The van der Waals surface area contributed by atoms with Gasteiger partial charge in [0, 0.05) is 4.47 Å². The van der Waals surface area contributed by atoms with Crippen molar-refractivity contribution in [1.29, 1.82) is 0 Å². The summed E-state index contributed by atoms with van der Waals surface area (Å²) in [6.45, 7) is 0. The molecule has 0 radical (unpaired) electrons. The van der Waals surface area contributed by atoms with Gasteiger partial charge in [-0.05, 0) is 23.8 Å². The van der Waals surface area contributed by atoms with Gasteiger partial charge in [-0.2, -0.15) is 0 Å². The zero-order chi connectivity index (χ0) is 11.4. The number of benzene rings is 1.